The fourth-order valence-electron chi connectivity index (χ4n) is 3.99. The number of pyridine rings is 1. The number of hydrogen-bond acceptors (Lipinski definition) is 5. The van der Waals surface area contributed by atoms with Gasteiger partial charge in [0.1, 0.15) is 23.4 Å². The third kappa shape index (κ3) is 4.81. The molecular formula is C29H22N6O2. The second kappa shape index (κ2) is 9.79. The van der Waals surface area contributed by atoms with Gasteiger partial charge in [-0.2, -0.15) is 5.10 Å². The number of fused-ring (bicyclic) bond motifs is 1. The van der Waals surface area contributed by atoms with E-state index in [1.165, 1.54) is 6.08 Å². The van der Waals surface area contributed by atoms with Crippen molar-refractivity contribution in [2.75, 3.05) is 0 Å². The summed E-state index contributed by atoms with van der Waals surface area (Å²) in [7, 11) is 0. The number of benzene rings is 2. The van der Waals surface area contributed by atoms with E-state index >= 15 is 0 Å². The van der Waals surface area contributed by atoms with Gasteiger partial charge in [-0.1, -0.05) is 42.5 Å². The number of amides is 1. The number of carbonyl (C=O) groups is 1. The first kappa shape index (κ1) is 22.2. The van der Waals surface area contributed by atoms with Crippen LogP contribution in [0.3, 0.4) is 0 Å². The summed E-state index contributed by atoms with van der Waals surface area (Å²) in [6.45, 7) is 0.361. The van der Waals surface area contributed by atoms with Gasteiger partial charge in [0.05, 0.1) is 5.69 Å². The standard InChI is InChI=1S/C29H22N6O2/c36-28(32-18-21-10-12-27(31-17-21)34-15-14-30-20-34)13-11-23-19-35(24-7-2-1-3-8-24)33-29(23)26-16-22-6-4-5-9-25(22)37-26/h1-17,19-20H,18H2,(H,32,36). The predicted octanol–water partition coefficient (Wildman–Crippen LogP) is 5.20. The summed E-state index contributed by atoms with van der Waals surface area (Å²) in [5.41, 5.74) is 4.01. The Bertz CT molecular complexity index is 1650. The zero-order valence-electron chi connectivity index (χ0n) is 19.7. The molecule has 0 spiro atoms. The lowest BCUT2D eigenvalue weighted by Gasteiger charge is -2.04. The molecule has 37 heavy (non-hydrogen) atoms. The summed E-state index contributed by atoms with van der Waals surface area (Å²) in [6.07, 6.45) is 12.1. The smallest absolute Gasteiger partial charge is 0.244 e. The molecule has 0 saturated carbocycles. The number of para-hydroxylation sites is 2. The van der Waals surface area contributed by atoms with Crippen LogP contribution in [0.5, 0.6) is 0 Å². The molecule has 1 N–H and O–H groups in total. The number of imidazole rings is 1. The minimum absolute atomic E-state index is 0.221. The van der Waals surface area contributed by atoms with Crippen molar-refractivity contribution in [3.8, 4) is 23.0 Å². The molecule has 180 valence electrons. The minimum Gasteiger partial charge on any atom is -0.454 e. The summed E-state index contributed by atoms with van der Waals surface area (Å²) in [6, 6.07) is 23.4. The van der Waals surface area contributed by atoms with Crippen LogP contribution in [0.2, 0.25) is 0 Å². The highest BCUT2D eigenvalue weighted by molar-refractivity contribution is 5.93. The first-order chi connectivity index (χ1) is 18.2. The van der Waals surface area contributed by atoms with E-state index in [1.54, 1.807) is 29.5 Å². The van der Waals surface area contributed by atoms with Gasteiger partial charge < -0.3 is 9.73 Å². The molecule has 0 radical (unpaired) electrons. The molecular weight excluding hydrogens is 464 g/mol. The fourth-order valence-corrected chi connectivity index (χ4v) is 3.99. The van der Waals surface area contributed by atoms with Gasteiger partial charge in [0.2, 0.25) is 5.91 Å². The summed E-state index contributed by atoms with van der Waals surface area (Å²) < 4.78 is 9.67. The summed E-state index contributed by atoms with van der Waals surface area (Å²) >= 11 is 0. The summed E-state index contributed by atoms with van der Waals surface area (Å²) in [5.74, 6) is 1.18. The van der Waals surface area contributed by atoms with Gasteiger partial charge in [-0.15, -0.1) is 0 Å². The van der Waals surface area contributed by atoms with E-state index < -0.39 is 0 Å². The molecule has 8 heteroatoms. The van der Waals surface area contributed by atoms with Crippen molar-refractivity contribution >= 4 is 23.0 Å². The van der Waals surface area contributed by atoms with E-state index in [9.17, 15) is 4.79 Å². The highest BCUT2D eigenvalue weighted by Crippen LogP contribution is 2.30. The topological polar surface area (TPSA) is 90.8 Å². The van der Waals surface area contributed by atoms with E-state index in [-0.39, 0.29) is 5.91 Å². The van der Waals surface area contributed by atoms with E-state index in [0.29, 0.717) is 18.0 Å². The number of nitrogens with one attached hydrogen (secondary N) is 1. The molecule has 6 rings (SSSR count). The van der Waals surface area contributed by atoms with Gasteiger partial charge in [0.15, 0.2) is 5.76 Å². The van der Waals surface area contributed by atoms with Gasteiger partial charge in [0.25, 0.3) is 0 Å². The third-order valence-corrected chi connectivity index (χ3v) is 5.88. The monoisotopic (exact) mass is 486 g/mol. The molecule has 0 bridgehead atoms. The predicted molar refractivity (Wildman–Crippen MR) is 141 cm³/mol. The Kier molecular flexibility index (Phi) is 5.88. The molecule has 4 aromatic heterocycles. The van der Waals surface area contributed by atoms with Crippen LogP contribution in [-0.4, -0.2) is 30.2 Å². The number of furan rings is 1. The quantitative estimate of drug-likeness (QED) is 0.314. The maximum Gasteiger partial charge on any atom is 0.244 e. The first-order valence-electron chi connectivity index (χ1n) is 11.8. The first-order valence-corrected chi connectivity index (χ1v) is 11.8. The van der Waals surface area contributed by atoms with Crippen LogP contribution >= 0.6 is 0 Å². The van der Waals surface area contributed by atoms with Crippen LogP contribution in [0.4, 0.5) is 0 Å². The van der Waals surface area contributed by atoms with Crippen LogP contribution in [0.15, 0.2) is 114 Å². The van der Waals surface area contributed by atoms with Gasteiger partial charge in [-0.3, -0.25) is 9.36 Å². The number of aromatic nitrogens is 5. The van der Waals surface area contributed by atoms with Crippen LogP contribution in [0.1, 0.15) is 11.1 Å². The Morgan fingerprint density at radius 1 is 1.03 bits per heavy atom. The zero-order chi connectivity index (χ0) is 25.0. The van der Waals surface area contributed by atoms with Crippen LogP contribution in [0, 0.1) is 0 Å². The molecule has 8 nitrogen and oxygen atoms in total. The maximum atomic E-state index is 12.6. The van der Waals surface area contributed by atoms with Gasteiger partial charge in [-0.25, -0.2) is 14.6 Å². The molecule has 0 aliphatic rings. The minimum atomic E-state index is -0.221. The lowest BCUT2D eigenvalue weighted by Crippen LogP contribution is -2.20. The Hall–Kier alpha value is -5.24. The van der Waals surface area contributed by atoms with Gasteiger partial charge >= 0.3 is 0 Å². The molecule has 0 aliphatic heterocycles. The third-order valence-electron chi connectivity index (χ3n) is 5.88. The van der Waals surface area contributed by atoms with E-state index in [4.69, 9.17) is 9.52 Å². The van der Waals surface area contributed by atoms with Crippen molar-refractivity contribution < 1.29 is 9.21 Å². The van der Waals surface area contributed by atoms with Crippen molar-refractivity contribution in [1.82, 2.24) is 29.6 Å². The van der Waals surface area contributed by atoms with Crippen molar-refractivity contribution in [1.29, 1.82) is 0 Å². The lowest BCUT2D eigenvalue weighted by atomic mass is 10.2. The van der Waals surface area contributed by atoms with Crippen LogP contribution < -0.4 is 5.32 Å². The molecule has 0 aliphatic carbocycles. The van der Waals surface area contributed by atoms with Crippen molar-refractivity contribution in [3.05, 3.63) is 121 Å². The van der Waals surface area contributed by atoms with E-state index in [1.807, 2.05) is 89.8 Å². The number of hydrogen-bond donors (Lipinski definition) is 1. The van der Waals surface area contributed by atoms with Crippen LogP contribution in [-0.2, 0) is 11.3 Å². The molecule has 1 amide bonds. The Balaban J connectivity index is 1.21. The highest BCUT2D eigenvalue weighted by atomic mass is 16.3. The molecule has 4 heterocycles. The number of rotatable bonds is 7. The number of nitrogens with zero attached hydrogens (tertiary/aromatic N) is 5. The molecule has 0 unspecified atom stereocenters. The summed E-state index contributed by atoms with van der Waals surface area (Å²) in [5, 5.41) is 8.67. The lowest BCUT2D eigenvalue weighted by molar-refractivity contribution is -0.116. The Morgan fingerprint density at radius 3 is 2.68 bits per heavy atom. The van der Waals surface area contributed by atoms with Crippen molar-refractivity contribution in [2.24, 2.45) is 0 Å². The largest absolute Gasteiger partial charge is 0.454 e. The average molecular weight is 487 g/mol. The average Bonchev–Trinajstić information content (AvgIpc) is 3.71. The fraction of sp³-hybridized carbons (Fsp3) is 0.0345. The number of carbonyl (C=O) groups excluding carboxylic acids is 1. The molecule has 6 aromatic rings. The van der Waals surface area contributed by atoms with E-state index in [0.717, 1.165) is 33.6 Å². The second-order valence-corrected chi connectivity index (χ2v) is 8.41. The van der Waals surface area contributed by atoms with Crippen LogP contribution in [0.25, 0.3) is 40.0 Å². The summed E-state index contributed by atoms with van der Waals surface area (Å²) in [4.78, 5) is 21.1. The van der Waals surface area contributed by atoms with Gasteiger partial charge in [-0.05, 0) is 42.0 Å². The Morgan fingerprint density at radius 2 is 1.89 bits per heavy atom. The zero-order valence-corrected chi connectivity index (χ0v) is 19.7. The molecule has 0 atom stereocenters. The maximum absolute atomic E-state index is 12.6. The molecule has 0 fully saturated rings. The normalized spacial score (nSPS) is 11.4. The highest BCUT2D eigenvalue weighted by Gasteiger charge is 2.15. The van der Waals surface area contributed by atoms with Crippen molar-refractivity contribution in [3.63, 3.8) is 0 Å². The Labute approximate surface area is 212 Å². The molecule has 2 aromatic carbocycles. The second-order valence-electron chi connectivity index (χ2n) is 8.41. The molecule has 0 saturated heterocycles. The van der Waals surface area contributed by atoms with Crippen molar-refractivity contribution in [2.45, 2.75) is 6.54 Å². The SMILES string of the molecule is O=C(C=Cc1cn(-c2ccccc2)nc1-c1cc2ccccc2o1)NCc1ccc(-n2ccnc2)nc1. The van der Waals surface area contributed by atoms with Gasteiger partial charge in [0, 0.05) is 48.4 Å². The van der Waals surface area contributed by atoms with E-state index in [2.05, 4.69) is 15.3 Å².